The Labute approximate surface area is 117 Å². The summed E-state index contributed by atoms with van der Waals surface area (Å²) in [6.45, 7) is 12.7. The summed E-state index contributed by atoms with van der Waals surface area (Å²) in [5.41, 5.74) is 0.402. The molecule has 112 valence electrons. The molecule has 0 aromatic rings. The summed E-state index contributed by atoms with van der Waals surface area (Å²) < 4.78 is 11.1. The minimum atomic E-state index is 0.402. The van der Waals surface area contributed by atoms with E-state index >= 15 is 0 Å². The van der Waals surface area contributed by atoms with Crippen molar-refractivity contribution in [1.82, 2.24) is 10.2 Å². The van der Waals surface area contributed by atoms with E-state index in [-0.39, 0.29) is 0 Å². The van der Waals surface area contributed by atoms with E-state index in [2.05, 4.69) is 24.1 Å². The monoisotopic (exact) mass is 270 g/mol. The van der Waals surface area contributed by atoms with Crippen LogP contribution in [0.25, 0.3) is 0 Å². The smallest absolute Gasteiger partial charge is 0.0619 e. The highest BCUT2D eigenvalue weighted by atomic mass is 16.5. The molecule has 0 aromatic heterocycles. The summed E-state index contributed by atoms with van der Waals surface area (Å²) in [5.74, 6) is 0. The Bertz CT molecular complexity index is 255. The van der Waals surface area contributed by atoms with E-state index in [4.69, 9.17) is 9.47 Å². The molecule has 4 heteroatoms. The van der Waals surface area contributed by atoms with Crippen molar-refractivity contribution in [2.24, 2.45) is 5.41 Å². The standard InChI is InChI=1S/C15H30N2O2/c1-3-6-16-12-15(4-8-18-9-5-15)13-17-7-10-19-11-14(17)2/h14,16H,3-13H2,1-2H3. The van der Waals surface area contributed by atoms with Gasteiger partial charge >= 0.3 is 0 Å². The summed E-state index contributed by atoms with van der Waals surface area (Å²) >= 11 is 0. The highest BCUT2D eigenvalue weighted by Crippen LogP contribution is 2.32. The second kappa shape index (κ2) is 7.58. The zero-order valence-electron chi connectivity index (χ0n) is 12.6. The fourth-order valence-electron chi connectivity index (χ4n) is 3.15. The van der Waals surface area contributed by atoms with Crippen molar-refractivity contribution in [2.75, 3.05) is 52.6 Å². The van der Waals surface area contributed by atoms with Crippen molar-refractivity contribution in [3.05, 3.63) is 0 Å². The number of nitrogens with one attached hydrogen (secondary N) is 1. The number of hydrogen-bond donors (Lipinski definition) is 1. The number of rotatable bonds is 6. The van der Waals surface area contributed by atoms with Gasteiger partial charge in [0.2, 0.25) is 0 Å². The summed E-state index contributed by atoms with van der Waals surface area (Å²) in [6.07, 6.45) is 3.59. The van der Waals surface area contributed by atoms with Crippen LogP contribution < -0.4 is 5.32 Å². The van der Waals surface area contributed by atoms with Crippen molar-refractivity contribution < 1.29 is 9.47 Å². The highest BCUT2D eigenvalue weighted by Gasteiger charge is 2.35. The van der Waals surface area contributed by atoms with Gasteiger partial charge in [-0.3, -0.25) is 4.90 Å². The SMILES string of the molecule is CCCNCC1(CN2CCOCC2C)CCOCC1. The second-order valence-corrected chi connectivity index (χ2v) is 6.18. The van der Waals surface area contributed by atoms with Gasteiger partial charge in [0.1, 0.15) is 0 Å². The van der Waals surface area contributed by atoms with Crippen molar-refractivity contribution in [2.45, 2.75) is 39.2 Å². The summed E-state index contributed by atoms with van der Waals surface area (Å²) in [5, 5.41) is 3.64. The Balaban J connectivity index is 1.91. The second-order valence-electron chi connectivity index (χ2n) is 6.18. The van der Waals surface area contributed by atoms with Crippen molar-refractivity contribution in [1.29, 1.82) is 0 Å². The average Bonchev–Trinajstić information content (AvgIpc) is 2.43. The minimum Gasteiger partial charge on any atom is -0.381 e. The van der Waals surface area contributed by atoms with E-state index in [0.29, 0.717) is 11.5 Å². The molecule has 0 aromatic carbocycles. The Morgan fingerprint density at radius 2 is 2.00 bits per heavy atom. The van der Waals surface area contributed by atoms with Crippen LogP contribution in [-0.4, -0.2) is 63.5 Å². The van der Waals surface area contributed by atoms with Gasteiger partial charge in [0.15, 0.2) is 0 Å². The quantitative estimate of drug-likeness (QED) is 0.742. The van der Waals surface area contributed by atoms with Crippen LogP contribution in [-0.2, 0) is 9.47 Å². The lowest BCUT2D eigenvalue weighted by molar-refractivity contribution is -0.0494. The third kappa shape index (κ3) is 4.42. The molecule has 0 saturated carbocycles. The fraction of sp³-hybridized carbons (Fsp3) is 1.00. The van der Waals surface area contributed by atoms with Gasteiger partial charge in [0.25, 0.3) is 0 Å². The Kier molecular flexibility index (Phi) is 6.07. The molecule has 2 aliphatic heterocycles. The normalized spacial score (nSPS) is 28.4. The van der Waals surface area contributed by atoms with Crippen LogP contribution >= 0.6 is 0 Å². The molecular formula is C15H30N2O2. The van der Waals surface area contributed by atoms with E-state index < -0.39 is 0 Å². The number of ether oxygens (including phenoxy) is 2. The van der Waals surface area contributed by atoms with Crippen LogP contribution in [0.3, 0.4) is 0 Å². The molecule has 1 N–H and O–H groups in total. The summed E-state index contributed by atoms with van der Waals surface area (Å²) in [4.78, 5) is 2.61. The van der Waals surface area contributed by atoms with E-state index in [1.807, 2.05) is 0 Å². The molecule has 4 nitrogen and oxygen atoms in total. The first kappa shape index (κ1) is 15.2. The molecule has 2 heterocycles. The first-order valence-corrected chi connectivity index (χ1v) is 7.86. The van der Waals surface area contributed by atoms with Gasteiger partial charge in [-0.05, 0) is 38.1 Å². The third-order valence-corrected chi connectivity index (χ3v) is 4.52. The lowest BCUT2D eigenvalue weighted by Crippen LogP contribution is -2.53. The first-order valence-electron chi connectivity index (χ1n) is 7.86. The molecule has 2 rings (SSSR count). The van der Waals surface area contributed by atoms with Crippen LogP contribution in [0, 0.1) is 5.41 Å². The number of hydrogen-bond acceptors (Lipinski definition) is 4. The average molecular weight is 270 g/mol. The zero-order valence-corrected chi connectivity index (χ0v) is 12.6. The molecular weight excluding hydrogens is 240 g/mol. The van der Waals surface area contributed by atoms with Crippen LogP contribution in [0.4, 0.5) is 0 Å². The van der Waals surface area contributed by atoms with Crippen molar-refractivity contribution in [3.63, 3.8) is 0 Å². The maximum absolute atomic E-state index is 5.58. The lowest BCUT2D eigenvalue weighted by Gasteiger charge is -2.44. The van der Waals surface area contributed by atoms with E-state index in [9.17, 15) is 0 Å². The molecule has 2 aliphatic rings. The molecule has 0 radical (unpaired) electrons. The largest absolute Gasteiger partial charge is 0.381 e. The van der Waals surface area contributed by atoms with Crippen LogP contribution in [0.2, 0.25) is 0 Å². The van der Waals surface area contributed by atoms with Crippen molar-refractivity contribution in [3.8, 4) is 0 Å². The molecule has 0 bridgehead atoms. The summed E-state index contributed by atoms with van der Waals surface area (Å²) in [7, 11) is 0. The number of morpholine rings is 1. The Hall–Kier alpha value is -0.160. The highest BCUT2D eigenvalue weighted by molar-refractivity contribution is 4.89. The van der Waals surface area contributed by atoms with Gasteiger partial charge in [-0.15, -0.1) is 0 Å². The van der Waals surface area contributed by atoms with Gasteiger partial charge in [0, 0.05) is 38.9 Å². The van der Waals surface area contributed by atoms with Crippen LogP contribution in [0.5, 0.6) is 0 Å². The maximum atomic E-state index is 5.58. The van der Waals surface area contributed by atoms with Gasteiger partial charge in [-0.25, -0.2) is 0 Å². The zero-order chi connectivity index (χ0) is 13.6. The van der Waals surface area contributed by atoms with E-state index in [0.717, 1.165) is 46.1 Å². The van der Waals surface area contributed by atoms with Gasteiger partial charge in [0.05, 0.1) is 13.2 Å². The minimum absolute atomic E-state index is 0.402. The topological polar surface area (TPSA) is 33.7 Å². The predicted octanol–water partition coefficient (Wildman–Crippen LogP) is 1.50. The molecule has 1 unspecified atom stereocenters. The van der Waals surface area contributed by atoms with Gasteiger partial charge in [-0.1, -0.05) is 6.92 Å². The van der Waals surface area contributed by atoms with Crippen LogP contribution in [0.1, 0.15) is 33.1 Å². The Morgan fingerprint density at radius 3 is 2.68 bits per heavy atom. The molecule has 1 atom stereocenters. The molecule has 0 amide bonds. The molecule has 0 spiro atoms. The van der Waals surface area contributed by atoms with E-state index in [1.165, 1.54) is 25.8 Å². The number of nitrogens with zero attached hydrogens (tertiary/aromatic N) is 1. The molecule has 2 fully saturated rings. The third-order valence-electron chi connectivity index (χ3n) is 4.52. The Morgan fingerprint density at radius 1 is 1.21 bits per heavy atom. The lowest BCUT2D eigenvalue weighted by atomic mass is 9.79. The van der Waals surface area contributed by atoms with Crippen molar-refractivity contribution >= 4 is 0 Å². The fourth-order valence-corrected chi connectivity index (χ4v) is 3.15. The molecule has 0 aliphatic carbocycles. The first-order chi connectivity index (χ1) is 9.26. The maximum Gasteiger partial charge on any atom is 0.0619 e. The molecule has 19 heavy (non-hydrogen) atoms. The van der Waals surface area contributed by atoms with Gasteiger partial charge in [-0.2, -0.15) is 0 Å². The predicted molar refractivity (Wildman–Crippen MR) is 77.5 cm³/mol. The van der Waals surface area contributed by atoms with E-state index in [1.54, 1.807) is 0 Å². The van der Waals surface area contributed by atoms with Gasteiger partial charge < -0.3 is 14.8 Å². The summed E-state index contributed by atoms with van der Waals surface area (Å²) in [6, 6.07) is 0.555. The molecule has 2 saturated heterocycles. The van der Waals surface area contributed by atoms with Crippen LogP contribution in [0.15, 0.2) is 0 Å².